The Morgan fingerprint density at radius 3 is 2.17 bits per heavy atom. The van der Waals surface area contributed by atoms with Crippen molar-refractivity contribution in [3.63, 3.8) is 0 Å². The molecule has 2 aromatic rings. The maximum atomic E-state index is 13.3. The lowest BCUT2D eigenvalue weighted by molar-refractivity contribution is -0.125. The number of carbonyl (C=O) groups excluding carboxylic acids is 2. The zero-order chi connectivity index (χ0) is 20.7. The van der Waals surface area contributed by atoms with E-state index >= 15 is 0 Å². The van der Waals surface area contributed by atoms with E-state index in [9.17, 15) is 9.59 Å². The number of rotatable bonds is 2. The average molecular weight is 464 g/mol. The summed E-state index contributed by atoms with van der Waals surface area (Å²) in [5, 5.41) is 5.74. The minimum absolute atomic E-state index is 0.272. The third-order valence-electron chi connectivity index (χ3n) is 6.33. The molecule has 152 valence electrons. The van der Waals surface area contributed by atoms with Gasteiger partial charge in [0.05, 0.1) is 40.3 Å². The van der Waals surface area contributed by atoms with E-state index in [1.54, 1.807) is 42.5 Å². The van der Waals surface area contributed by atoms with Crippen molar-refractivity contribution in [1.82, 2.24) is 0 Å². The number of carbonyl (C=O) groups is 2. The summed E-state index contributed by atoms with van der Waals surface area (Å²) in [6, 6.07) is 11.8. The SMILES string of the molecule is O=C1[C@@H]2[C@@H]3O[C@@H]([C@H]4C(c5ccc(Cl)cc5Cl)=NO[C@@H]34)[C@@H]2C(=O)N1c1ccc(Cl)cc1. The highest BCUT2D eigenvalue weighted by molar-refractivity contribution is 6.37. The molecule has 0 N–H and O–H groups in total. The van der Waals surface area contributed by atoms with Gasteiger partial charge >= 0.3 is 0 Å². The molecule has 3 fully saturated rings. The molecule has 2 aromatic carbocycles. The zero-order valence-corrected chi connectivity index (χ0v) is 17.4. The Hall–Kier alpha value is -2.12. The van der Waals surface area contributed by atoms with Crippen LogP contribution in [-0.2, 0) is 19.2 Å². The predicted octanol–water partition coefficient (Wildman–Crippen LogP) is 3.95. The van der Waals surface area contributed by atoms with Gasteiger partial charge < -0.3 is 9.57 Å². The van der Waals surface area contributed by atoms with Gasteiger partial charge in [-0.3, -0.25) is 9.59 Å². The highest BCUT2D eigenvalue weighted by atomic mass is 35.5. The van der Waals surface area contributed by atoms with Crippen LogP contribution >= 0.6 is 34.8 Å². The molecule has 4 heterocycles. The smallest absolute Gasteiger partial charge is 0.240 e. The third-order valence-corrected chi connectivity index (χ3v) is 7.13. The summed E-state index contributed by atoms with van der Waals surface area (Å²) in [6.07, 6.45) is -1.47. The molecule has 30 heavy (non-hydrogen) atoms. The second kappa shape index (κ2) is 6.44. The Balaban J connectivity index is 1.36. The van der Waals surface area contributed by atoms with E-state index in [1.807, 2.05) is 0 Å². The molecule has 0 spiro atoms. The molecule has 2 bridgehead atoms. The Labute approximate surface area is 186 Å². The van der Waals surface area contributed by atoms with E-state index in [1.165, 1.54) is 4.90 Å². The molecule has 0 aromatic heterocycles. The van der Waals surface area contributed by atoms with Gasteiger partial charge in [0.1, 0.15) is 6.10 Å². The Kier molecular flexibility index (Phi) is 4.00. The fourth-order valence-corrected chi connectivity index (χ4v) is 5.75. The third kappa shape index (κ3) is 2.39. The standard InChI is InChI=1S/C21H13Cl3N2O4/c22-8-1-4-10(5-2-8)26-20(27)13-14(21(26)28)18-19-15(17(13)29-18)16(25-30-19)11-6-3-9(23)7-12(11)24/h1-7,13-15,17-19H/t13-,14+,15-,17-,18+,19-/m1/s1. The molecule has 0 saturated carbocycles. The van der Waals surface area contributed by atoms with Gasteiger partial charge in [-0.25, -0.2) is 4.90 Å². The van der Waals surface area contributed by atoms with Crippen LogP contribution in [0.25, 0.3) is 0 Å². The van der Waals surface area contributed by atoms with E-state index in [2.05, 4.69) is 5.16 Å². The fraction of sp³-hybridized carbons (Fsp3) is 0.286. The van der Waals surface area contributed by atoms with Crippen molar-refractivity contribution in [3.05, 3.63) is 63.1 Å². The van der Waals surface area contributed by atoms with E-state index in [0.29, 0.717) is 32.0 Å². The van der Waals surface area contributed by atoms with Crippen molar-refractivity contribution in [2.45, 2.75) is 18.3 Å². The average Bonchev–Trinajstić information content (AvgIpc) is 3.44. The summed E-state index contributed by atoms with van der Waals surface area (Å²) in [4.78, 5) is 33.4. The number of nitrogens with zero attached hydrogens (tertiary/aromatic N) is 2. The molecule has 6 atom stereocenters. The van der Waals surface area contributed by atoms with Crippen LogP contribution in [0.4, 0.5) is 5.69 Å². The lowest BCUT2D eigenvalue weighted by atomic mass is 9.71. The van der Waals surface area contributed by atoms with Gasteiger partial charge in [0.15, 0.2) is 6.10 Å². The second-order valence-electron chi connectivity index (χ2n) is 7.80. The maximum Gasteiger partial charge on any atom is 0.240 e. The minimum atomic E-state index is -0.588. The molecule has 4 aliphatic heterocycles. The van der Waals surface area contributed by atoms with Crippen molar-refractivity contribution in [2.24, 2.45) is 22.9 Å². The summed E-state index contributed by atoms with van der Waals surface area (Å²) in [7, 11) is 0. The maximum absolute atomic E-state index is 13.3. The van der Waals surface area contributed by atoms with Gasteiger partial charge in [0, 0.05) is 15.6 Å². The topological polar surface area (TPSA) is 68.2 Å². The molecule has 9 heteroatoms. The largest absolute Gasteiger partial charge is 0.389 e. The van der Waals surface area contributed by atoms with Crippen LogP contribution in [-0.4, -0.2) is 35.8 Å². The van der Waals surface area contributed by atoms with Crippen LogP contribution in [0.5, 0.6) is 0 Å². The van der Waals surface area contributed by atoms with Crippen molar-refractivity contribution in [1.29, 1.82) is 0 Å². The van der Waals surface area contributed by atoms with Crippen LogP contribution in [0.3, 0.4) is 0 Å². The molecular formula is C21H13Cl3N2O4. The summed E-state index contributed by atoms with van der Waals surface area (Å²) >= 11 is 18.3. The van der Waals surface area contributed by atoms with Crippen molar-refractivity contribution in [3.8, 4) is 0 Å². The zero-order valence-electron chi connectivity index (χ0n) is 15.2. The second-order valence-corrected chi connectivity index (χ2v) is 9.08. The molecule has 3 saturated heterocycles. The van der Waals surface area contributed by atoms with Gasteiger partial charge in [-0.1, -0.05) is 46.0 Å². The fourth-order valence-electron chi connectivity index (χ4n) is 5.12. The van der Waals surface area contributed by atoms with Gasteiger partial charge in [0.2, 0.25) is 11.8 Å². The first-order valence-corrected chi connectivity index (χ1v) is 10.6. The normalized spacial score (nSPS) is 33.6. The number of hydrogen-bond donors (Lipinski definition) is 0. The molecule has 4 aliphatic rings. The predicted molar refractivity (Wildman–Crippen MR) is 111 cm³/mol. The van der Waals surface area contributed by atoms with E-state index in [-0.39, 0.29) is 17.7 Å². The summed E-state index contributed by atoms with van der Waals surface area (Å²) in [6.45, 7) is 0. The van der Waals surface area contributed by atoms with E-state index < -0.39 is 30.1 Å². The minimum Gasteiger partial charge on any atom is -0.389 e. The van der Waals surface area contributed by atoms with Crippen LogP contribution < -0.4 is 4.90 Å². The summed E-state index contributed by atoms with van der Waals surface area (Å²) in [5.41, 5.74) is 1.81. The molecule has 0 aliphatic carbocycles. The van der Waals surface area contributed by atoms with Crippen LogP contribution in [0, 0.1) is 17.8 Å². The number of fused-ring (bicyclic) bond motifs is 8. The monoisotopic (exact) mass is 462 g/mol. The van der Waals surface area contributed by atoms with Gasteiger partial charge in [0.25, 0.3) is 0 Å². The Morgan fingerprint density at radius 2 is 1.47 bits per heavy atom. The molecule has 6 nitrogen and oxygen atoms in total. The summed E-state index contributed by atoms with van der Waals surface area (Å²) in [5.74, 6) is -2.00. The van der Waals surface area contributed by atoms with Gasteiger partial charge in [-0.2, -0.15) is 0 Å². The van der Waals surface area contributed by atoms with Crippen molar-refractivity contribution in [2.75, 3.05) is 4.90 Å². The van der Waals surface area contributed by atoms with Crippen molar-refractivity contribution >= 4 is 58.0 Å². The number of benzene rings is 2. The lowest BCUT2D eigenvalue weighted by Crippen LogP contribution is -2.45. The van der Waals surface area contributed by atoms with Crippen molar-refractivity contribution < 1.29 is 19.2 Å². The lowest BCUT2D eigenvalue weighted by Gasteiger charge is -2.26. The number of anilines is 1. The first-order valence-electron chi connectivity index (χ1n) is 9.43. The molecule has 0 radical (unpaired) electrons. The first-order chi connectivity index (χ1) is 14.5. The summed E-state index contributed by atoms with van der Waals surface area (Å²) < 4.78 is 6.10. The van der Waals surface area contributed by atoms with Gasteiger partial charge in [-0.05, 0) is 36.4 Å². The van der Waals surface area contributed by atoms with E-state index in [0.717, 1.165) is 0 Å². The van der Waals surface area contributed by atoms with Gasteiger partial charge in [-0.15, -0.1) is 0 Å². The number of imide groups is 1. The molecule has 6 rings (SSSR count). The molecule has 2 amide bonds. The number of hydrogen-bond acceptors (Lipinski definition) is 5. The molecule has 0 unspecified atom stereocenters. The van der Waals surface area contributed by atoms with E-state index in [4.69, 9.17) is 44.4 Å². The Bertz CT molecular complexity index is 1140. The number of halogens is 3. The first kappa shape index (κ1) is 18.6. The number of ether oxygens (including phenoxy) is 1. The number of oxime groups is 1. The number of amides is 2. The quantitative estimate of drug-likeness (QED) is 0.633. The van der Waals surface area contributed by atoms with Crippen LogP contribution in [0.2, 0.25) is 15.1 Å². The highest BCUT2D eigenvalue weighted by Gasteiger charge is 2.72. The van der Waals surface area contributed by atoms with Crippen LogP contribution in [0.1, 0.15) is 5.56 Å². The Morgan fingerprint density at radius 1 is 0.800 bits per heavy atom. The molecular weight excluding hydrogens is 451 g/mol. The van der Waals surface area contributed by atoms with Crippen LogP contribution in [0.15, 0.2) is 47.6 Å². The highest BCUT2D eigenvalue weighted by Crippen LogP contribution is 2.55.